The van der Waals surface area contributed by atoms with E-state index in [-0.39, 0.29) is 17.5 Å². The van der Waals surface area contributed by atoms with E-state index in [1.807, 2.05) is 29.2 Å². The van der Waals surface area contributed by atoms with E-state index < -0.39 is 5.82 Å². The summed E-state index contributed by atoms with van der Waals surface area (Å²) in [7, 11) is 0. The van der Waals surface area contributed by atoms with Crippen LogP contribution in [0.25, 0.3) is 21.6 Å². The van der Waals surface area contributed by atoms with Gasteiger partial charge in [-0.05, 0) is 54.3 Å². The minimum Gasteiger partial charge on any atom is -0.336 e. The van der Waals surface area contributed by atoms with E-state index in [4.69, 9.17) is 11.0 Å². The van der Waals surface area contributed by atoms with Crippen molar-refractivity contribution < 1.29 is 9.18 Å². The van der Waals surface area contributed by atoms with E-state index in [0.29, 0.717) is 28.8 Å². The maximum Gasteiger partial charge on any atom is 0.264 e. The molecule has 2 heterocycles. The molecule has 0 aliphatic carbocycles. The number of carbonyl (C=O) groups excluding carboxylic acids is 1. The van der Waals surface area contributed by atoms with Crippen LogP contribution in [0.5, 0.6) is 0 Å². The molecule has 2 aromatic carbocycles. The normalized spacial score (nSPS) is 16.1. The van der Waals surface area contributed by atoms with Gasteiger partial charge in [-0.3, -0.25) is 4.79 Å². The van der Waals surface area contributed by atoms with Crippen molar-refractivity contribution in [2.75, 3.05) is 13.1 Å². The highest BCUT2D eigenvalue weighted by Gasteiger charge is 2.25. The van der Waals surface area contributed by atoms with Crippen molar-refractivity contribution in [1.82, 2.24) is 4.90 Å². The average molecular weight is 480 g/mol. The third-order valence-corrected chi connectivity index (χ3v) is 7.76. The Labute approximate surface area is 202 Å². The van der Waals surface area contributed by atoms with Gasteiger partial charge in [0.2, 0.25) is 0 Å². The number of halogens is 1. The van der Waals surface area contributed by atoms with Crippen LogP contribution in [-0.4, -0.2) is 35.2 Å². The number of hydrogen-bond acceptors (Lipinski definition) is 5. The maximum absolute atomic E-state index is 14.4. The Hall–Kier alpha value is -2.66. The fourth-order valence-corrected chi connectivity index (χ4v) is 6.00. The zero-order valence-corrected chi connectivity index (χ0v) is 20.3. The summed E-state index contributed by atoms with van der Waals surface area (Å²) in [6, 6.07) is 16.6. The first-order valence-electron chi connectivity index (χ1n) is 11.0. The summed E-state index contributed by atoms with van der Waals surface area (Å²) in [6.45, 7) is 5.55. The molecule has 1 atom stereocenters. The highest BCUT2D eigenvalue weighted by atomic mass is 32.2. The van der Waals surface area contributed by atoms with Crippen LogP contribution < -0.4 is 5.73 Å². The molecule has 7 heteroatoms. The molecule has 170 valence electrons. The Kier molecular flexibility index (Phi) is 7.18. The second kappa shape index (κ2) is 10.1. The fourth-order valence-electron chi connectivity index (χ4n) is 4.01. The number of thiophene rings is 1. The number of carbonyl (C=O) groups is 1. The van der Waals surface area contributed by atoms with Crippen molar-refractivity contribution in [2.24, 2.45) is 5.73 Å². The number of likely N-dealkylation sites (tertiary alicyclic amines) is 1. The third-order valence-electron chi connectivity index (χ3n) is 5.58. The smallest absolute Gasteiger partial charge is 0.264 e. The van der Waals surface area contributed by atoms with Crippen LogP contribution in [0.15, 0.2) is 53.4 Å². The lowest BCUT2D eigenvalue weighted by Gasteiger charge is -2.30. The topological polar surface area (TPSA) is 70.1 Å². The van der Waals surface area contributed by atoms with Gasteiger partial charge in [0, 0.05) is 39.7 Å². The van der Waals surface area contributed by atoms with E-state index in [9.17, 15) is 9.18 Å². The summed E-state index contributed by atoms with van der Waals surface area (Å²) in [5.41, 5.74) is 8.50. The van der Waals surface area contributed by atoms with Crippen LogP contribution in [-0.2, 0) is 0 Å². The van der Waals surface area contributed by atoms with Gasteiger partial charge in [-0.15, -0.1) is 23.1 Å². The molecule has 0 radical (unpaired) electrons. The molecular formula is C26H26FN3OS2. The average Bonchev–Trinajstić information content (AvgIpc) is 3.24. The highest BCUT2D eigenvalue weighted by molar-refractivity contribution is 7.99. The predicted molar refractivity (Wildman–Crippen MR) is 134 cm³/mol. The van der Waals surface area contributed by atoms with Crippen molar-refractivity contribution in [2.45, 2.75) is 42.9 Å². The molecule has 1 aliphatic heterocycles. The van der Waals surface area contributed by atoms with E-state index in [2.05, 4.69) is 26.0 Å². The minimum absolute atomic E-state index is 0.000210. The van der Waals surface area contributed by atoms with Gasteiger partial charge in [-0.2, -0.15) is 5.26 Å². The van der Waals surface area contributed by atoms with Crippen LogP contribution >= 0.6 is 23.1 Å². The van der Waals surface area contributed by atoms with Gasteiger partial charge in [0.1, 0.15) is 11.9 Å². The number of amides is 1. The first-order valence-corrected chi connectivity index (χ1v) is 12.7. The summed E-state index contributed by atoms with van der Waals surface area (Å²) < 4.78 is 14.4. The molecule has 1 amide bonds. The van der Waals surface area contributed by atoms with Gasteiger partial charge >= 0.3 is 0 Å². The highest BCUT2D eigenvalue weighted by Crippen LogP contribution is 2.41. The Morgan fingerprint density at radius 3 is 2.58 bits per heavy atom. The first-order chi connectivity index (χ1) is 15.9. The Balaban J connectivity index is 1.76. The molecular weight excluding hydrogens is 453 g/mol. The quantitative estimate of drug-likeness (QED) is 0.445. The van der Waals surface area contributed by atoms with Gasteiger partial charge in [-0.25, -0.2) is 4.39 Å². The lowest BCUT2D eigenvalue weighted by molar-refractivity contribution is 0.0714. The van der Waals surface area contributed by atoms with Gasteiger partial charge in [0.25, 0.3) is 5.91 Å². The standard InChI is InChI=1S/C26H26FN3OS2/c1-16(2)32-21-9-7-17(8-10-21)25-22(18-5-6-19(14-28)23(27)12-18)13-24(33-25)26(31)30-11-3-4-20(29)15-30/h5-10,12-13,16,20H,3-4,11,15,29H2,1-2H3. The van der Waals surface area contributed by atoms with Gasteiger partial charge < -0.3 is 10.6 Å². The fraction of sp³-hybridized carbons (Fsp3) is 0.308. The number of nitriles is 1. The van der Waals surface area contributed by atoms with Crippen LogP contribution in [0.4, 0.5) is 4.39 Å². The monoisotopic (exact) mass is 479 g/mol. The second-order valence-corrected chi connectivity index (χ2v) is 11.2. The predicted octanol–water partition coefficient (Wildman–Crippen LogP) is 6.16. The van der Waals surface area contributed by atoms with E-state index in [1.54, 1.807) is 17.8 Å². The van der Waals surface area contributed by atoms with Crippen molar-refractivity contribution in [1.29, 1.82) is 5.26 Å². The molecule has 4 rings (SSSR count). The maximum atomic E-state index is 14.4. The van der Waals surface area contributed by atoms with Gasteiger partial charge in [0.05, 0.1) is 10.4 Å². The summed E-state index contributed by atoms with van der Waals surface area (Å²) in [4.78, 5) is 17.8. The molecule has 0 spiro atoms. The number of rotatable bonds is 5. The van der Waals surface area contributed by atoms with Gasteiger partial charge in [0.15, 0.2) is 0 Å². The third kappa shape index (κ3) is 5.30. The van der Waals surface area contributed by atoms with E-state index in [0.717, 1.165) is 28.8 Å². The lowest BCUT2D eigenvalue weighted by atomic mass is 10.0. The summed E-state index contributed by atoms with van der Waals surface area (Å²) >= 11 is 3.21. The molecule has 1 unspecified atom stereocenters. The number of benzene rings is 2. The minimum atomic E-state index is -0.564. The van der Waals surface area contributed by atoms with Gasteiger partial charge in [-0.1, -0.05) is 32.0 Å². The SMILES string of the molecule is CC(C)Sc1ccc(-c2sc(C(=O)N3CCCC(N)C3)cc2-c2ccc(C#N)c(F)c2)cc1. The molecule has 1 aromatic heterocycles. The molecule has 0 bridgehead atoms. The summed E-state index contributed by atoms with van der Waals surface area (Å²) in [5.74, 6) is -0.602. The zero-order valence-electron chi connectivity index (χ0n) is 18.7. The summed E-state index contributed by atoms with van der Waals surface area (Å²) in [6.07, 6.45) is 1.82. The zero-order chi connectivity index (χ0) is 23.5. The van der Waals surface area contributed by atoms with E-state index >= 15 is 0 Å². The number of hydrogen-bond donors (Lipinski definition) is 1. The van der Waals surface area contributed by atoms with Crippen LogP contribution in [0.3, 0.4) is 0 Å². The van der Waals surface area contributed by atoms with Crippen molar-refractivity contribution in [3.05, 3.63) is 64.8 Å². The van der Waals surface area contributed by atoms with Crippen LogP contribution in [0.2, 0.25) is 0 Å². The molecule has 4 nitrogen and oxygen atoms in total. The molecule has 0 saturated carbocycles. The molecule has 33 heavy (non-hydrogen) atoms. The molecule has 1 aliphatic rings. The number of nitrogens with zero attached hydrogens (tertiary/aromatic N) is 2. The Morgan fingerprint density at radius 1 is 1.21 bits per heavy atom. The summed E-state index contributed by atoms with van der Waals surface area (Å²) in [5, 5.41) is 9.57. The van der Waals surface area contributed by atoms with E-state index in [1.165, 1.54) is 28.4 Å². The van der Waals surface area contributed by atoms with Crippen LogP contribution in [0, 0.1) is 17.1 Å². The largest absolute Gasteiger partial charge is 0.336 e. The Bertz CT molecular complexity index is 1200. The molecule has 1 fully saturated rings. The number of nitrogens with two attached hydrogens (primary N) is 1. The first kappa shape index (κ1) is 23.5. The van der Waals surface area contributed by atoms with Crippen molar-refractivity contribution >= 4 is 29.0 Å². The van der Waals surface area contributed by atoms with Crippen LogP contribution in [0.1, 0.15) is 41.9 Å². The van der Waals surface area contributed by atoms with Crippen molar-refractivity contribution in [3.8, 4) is 27.6 Å². The molecule has 1 saturated heterocycles. The Morgan fingerprint density at radius 2 is 1.94 bits per heavy atom. The number of piperidine rings is 1. The molecule has 3 aromatic rings. The van der Waals surface area contributed by atoms with Crippen molar-refractivity contribution in [3.63, 3.8) is 0 Å². The lowest BCUT2D eigenvalue weighted by Crippen LogP contribution is -2.45. The second-order valence-electron chi connectivity index (χ2n) is 8.50. The number of thioether (sulfide) groups is 1. The molecule has 2 N–H and O–H groups in total.